The maximum Gasteiger partial charge on any atom is 0.312 e. The molecule has 4 heteroatoms. The quantitative estimate of drug-likeness (QED) is 0.487. The third kappa shape index (κ3) is 3.34. The largest absolute Gasteiger partial charge is 0.469 e. The van der Waals surface area contributed by atoms with Gasteiger partial charge in [0.2, 0.25) is 0 Å². The summed E-state index contributed by atoms with van der Waals surface area (Å²) in [5, 5.41) is 0. The minimum Gasteiger partial charge on any atom is -0.469 e. The molecule has 0 unspecified atom stereocenters. The normalized spacial score (nSPS) is 11.1. The third-order valence-electron chi connectivity index (χ3n) is 3.70. The Bertz CT molecular complexity index is 447. The van der Waals surface area contributed by atoms with Gasteiger partial charge in [-0.3, -0.25) is 9.59 Å². The highest BCUT2D eigenvalue weighted by Crippen LogP contribution is 2.33. The standard InChI is InChI=1S/C15H21NO3/c1-4-15(5-2,14(18)19-3)10-13(17)11-6-8-12(16)9-7-11/h6-9H,4-5,10,16H2,1-3H3. The molecule has 0 aliphatic carbocycles. The molecule has 0 aliphatic heterocycles. The van der Waals surface area contributed by atoms with Crippen molar-refractivity contribution >= 4 is 17.4 Å². The van der Waals surface area contributed by atoms with E-state index in [1.54, 1.807) is 24.3 Å². The summed E-state index contributed by atoms with van der Waals surface area (Å²) < 4.78 is 4.84. The summed E-state index contributed by atoms with van der Waals surface area (Å²) in [5.74, 6) is -0.379. The lowest BCUT2D eigenvalue weighted by Crippen LogP contribution is -2.33. The highest BCUT2D eigenvalue weighted by Gasteiger charge is 2.38. The van der Waals surface area contributed by atoms with Crippen LogP contribution in [0.5, 0.6) is 0 Å². The van der Waals surface area contributed by atoms with Gasteiger partial charge in [-0.1, -0.05) is 13.8 Å². The van der Waals surface area contributed by atoms with Crippen LogP contribution in [0, 0.1) is 5.41 Å². The first-order chi connectivity index (χ1) is 8.99. The van der Waals surface area contributed by atoms with E-state index >= 15 is 0 Å². The van der Waals surface area contributed by atoms with Gasteiger partial charge in [0.1, 0.15) is 0 Å². The lowest BCUT2D eigenvalue weighted by molar-refractivity contribution is -0.153. The van der Waals surface area contributed by atoms with Crippen molar-refractivity contribution in [3.8, 4) is 0 Å². The highest BCUT2D eigenvalue weighted by molar-refractivity contribution is 5.99. The van der Waals surface area contributed by atoms with Crippen molar-refractivity contribution < 1.29 is 14.3 Å². The molecule has 0 saturated heterocycles. The lowest BCUT2D eigenvalue weighted by atomic mass is 9.77. The molecule has 0 radical (unpaired) electrons. The summed E-state index contributed by atoms with van der Waals surface area (Å²) in [6.45, 7) is 3.80. The van der Waals surface area contributed by atoms with E-state index in [0.29, 0.717) is 24.1 Å². The summed E-state index contributed by atoms with van der Waals surface area (Å²) in [7, 11) is 1.36. The number of carbonyl (C=O) groups is 2. The predicted octanol–water partition coefficient (Wildman–Crippen LogP) is 2.82. The molecular formula is C15H21NO3. The second kappa shape index (κ2) is 6.36. The number of Topliss-reactive ketones (excluding diaryl/α,β-unsaturated/α-hetero) is 1. The second-order valence-corrected chi connectivity index (χ2v) is 4.70. The molecule has 0 amide bonds. The molecule has 0 saturated carbocycles. The van der Waals surface area contributed by atoms with Crippen molar-refractivity contribution in [2.75, 3.05) is 12.8 Å². The van der Waals surface area contributed by atoms with E-state index in [1.165, 1.54) is 7.11 Å². The predicted molar refractivity (Wildman–Crippen MR) is 74.8 cm³/mol. The van der Waals surface area contributed by atoms with Gasteiger partial charge >= 0.3 is 5.97 Å². The minimum absolute atomic E-state index is 0.0610. The number of benzene rings is 1. The zero-order chi connectivity index (χ0) is 14.5. The van der Waals surface area contributed by atoms with E-state index in [1.807, 2.05) is 13.8 Å². The van der Waals surface area contributed by atoms with Gasteiger partial charge in [0.05, 0.1) is 12.5 Å². The van der Waals surface area contributed by atoms with Crippen LogP contribution in [0.1, 0.15) is 43.5 Å². The van der Waals surface area contributed by atoms with Crippen LogP contribution in [0.25, 0.3) is 0 Å². The summed E-state index contributed by atoms with van der Waals surface area (Å²) in [6, 6.07) is 6.74. The fraction of sp³-hybridized carbons (Fsp3) is 0.467. The van der Waals surface area contributed by atoms with Gasteiger partial charge in [-0.05, 0) is 37.1 Å². The first-order valence-electron chi connectivity index (χ1n) is 6.46. The first kappa shape index (κ1) is 15.2. The first-order valence-corrected chi connectivity index (χ1v) is 6.46. The number of hydrogen-bond donors (Lipinski definition) is 1. The number of methoxy groups -OCH3 is 1. The molecule has 19 heavy (non-hydrogen) atoms. The van der Waals surface area contributed by atoms with Crippen molar-refractivity contribution in [3.05, 3.63) is 29.8 Å². The van der Waals surface area contributed by atoms with Crippen molar-refractivity contribution in [2.45, 2.75) is 33.1 Å². The Balaban J connectivity index is 2.94. The van der Waals surface area contributed by atoms with Crippen LogP contribution in [0.4, 0.5) is 5.69 Å². The maximum absolute atomic E-state index is 12.3. The topological polar surface area (TPSA) is 69.4 Å². The van der Waals surface area contributed by atoms with E-state index < -0.39 is 5.41 Å². The number of nitrogen functional groups attached to an aromatic ring is 1. The monoisotopic (exact) mass is 263 g/mol. The molecule has 104 valence electrons. The number of esters is 1. The van der Waals surface area contributed by atoms with Crippen molar-refractivity contribution in [1.29, 1.82) is 0 Å². The number of ether oxygens (including phenoxy) is 1. The van der Waals surface area contributed by atoms with Gasteiger partial charge in [-0.25, -0.2) is 0 Å². The summed E-state index contributed by atoms with van der Waals surface area (Å²) in [5.41, 5.74) is 6.05. The van der Waals surface area contributed by atoms with E-state index in [2.05, 4.69) is 0 Å². The Hall–Kier alpha value is -1.84. The van der Waals surface area contributed by atoms with Gasteiger partial charge in [0.25, 0.3) is 0 Å². The fourth-order valence-electron chi connectivity index (χ4n) is 2.16. The molecule has 0 atom stereocenters. The average molecular weight is 263 g/mol. The van der Waals surface area contributed by atoms with Gasteiger partial charge in [-0.15, -0.1) is 0 Å². The molecule has 0 aliphatic rings. The zero-order valence-electron chi connectivity index (χ0n) is 11.7. The Morgan fingerprint density at radius 3 is 2.11 bits per heavy atom. The van der Waals surface area contributed by atoms with Crippen LogP contribution in [0.15, 0.2) is 24.3 Å². The number of carbonyl (C=O) groups excluding carboxylic acids is 2. The summed E-state index contributed by atoms with van der Waals surface area (Å²) in [6.07, 6.45) is 1.32. The Kier molecular flexibility index (Phi) is 5.10. The molecule has 0 bridgehead atoms. The van der Waals surface area contributed by atoms with Crippen LogP contribution in [-0.4, -0.2) is 18.9 Å². The van der Waals surface area contributed by atoms with E-state index in [-0.39, 0.29) is 18.2 Å². The zero-order valence-corrected chi connectivity index (χ0v) is 11.7. The SMILES string of the molecule is CCC(CC)(CC(=O)c1ccc(N)cc1)C(=O)OC. The van der Waals surface area contributed by atoms with Crippen LogP contribution < -0.4 is 5.73 Å². The van der Waals surface area contributed by atoms with Crippen LogP contribution >= 0.6 is 0 Å². The van der Waals surface area contributed by atoms with Gasteiger partial charge in [0.15, 0.2) is 5.78 Å². The lowest BCUT2D eigenvalue weighted by Gasteiger charge is -2.27. The molecular weight excluding hydrogens is 242 g/mol. The molecule has 1 rings (SSSR count). The van der Waals surface area contributed by atoms with E-state index in [0.717, 1.165) is 0 Å². The number of nitrogens with two attached hydrogens (primary N) is 1. The Labute approximate surface area is 113 Å². The summed E-state index contributed by atoms with van der Waals surface area (Å²) in [4.78, 5) is 24.2. The average Bonchev–Trinajstić information content (AvgIpc) is 2.44. The molecule has 0 aromatic heterocycles. The van der Waals surface area contributed by atoms with Crippen molar-refractivity contribution in [2.24, 2.45) is 5.41 Å². The van der Waals surface area contributed by atoms with Crippen LogP contribution in [-0.2, 0) is 9.53 Å². The molecule has 1 aromatic carbocycles. The van der Waals surface area contributed by atoms with E-state index in [4.69, 9.17) is 10.5 Å². The van der Waals surface area contributed by atoms with Crippen molar-refractivity contribution in [3.63, 3.8) is 0 Å². The van der Waals surface area contributed by atoms with Gasteiger partial charge in [0, 0.05) is 17.7 Å². The number of rotatable bonds is 6. The number of ketones is 1. The van der Waals surface area contributed by atoms with Crippen LogP contribution in [0.3, 0.4) is 0 Å². The molecule has 0 fully saturated rings. The molecule has 0 heterocycles. The maximum atomic E-state index is 12.3. The third-order valence-corrected chi connectivity index (χ3v) is 3.70. The molecule has 2 N–H and O–H groups in total. The smallest absolute Gasteiger partial charge is 0.312 e. The second-order valence-electron chi connectivity index (χ2n) is 4.70. The van der Waals surface area contributed by atoms with Gasteiger partial charge in [-0.2, -0.15) is 0 Å². The Morgan fingerprint density at radius 1 is 1.16 bits per heavy atom. The Morgan fingerprint density at radius 2 is 1.68 bits per heavy atom. The molecule has 1 aromatic rings. The molecule has 0 spiro atoms. The minimum atomic E-state index is -0.729. The fourth-order valence-corrected chi connectivity index (χ4v) is 2.16. The van der Waals surface area contributed by atoms with Crippen molar-refractivity contribution in [1.82, 2.24) is 0 Å². The van der Waals surface area contributed by atoms with E-state index in [9.17, 15) is 9.59 Å². The molecule has 4 nitrogen and oxygen atoms in total. The van der Waals surface area contributed by atoms with Gasteiger partial charge < -0.3 is 10.5 Å². The number of anilines is 1. The summed E-state index contributed by atoms with van der Waals surface area (Å²) >= 11 is 0. The number of hydrogen-bond acceptors (Lipinski definition) is 4. The van der Waals surface area contributed by atoms with Crippen LogP contribution in [0.2, 0.25) is 0 Å². The highest BCUT2D eigenvalue weighted by atomic mass is 16.5.